The Morgan fingerprint density at radius 2 is 1.64 bits per heavy atom. The summed E-state index contributed by atoms with van der Waals surface area (Å²) in [4.78, 5) is 2.81. The highest BCUT2D eigenvalue weighted by Crippen LogP contribution is 2.32. The number of sulfonamides is 1. The second kappa shape index (κ2) is 8.79. The van der Waals surface area contributed by atoms with Gasteiger partial charge in [-0.05, 0) is 61.8 Å². The van der Waals surface area contributed by atoms with Gasteiger partial charge in [0, 0.05) is 44.8 Å². The summed E-state index contributed by atoms with van der Waals surface area (Å²) < 4.78 is 40.0. The minimum atomic E-state index is -3.51. The van der Waals surface area contributed by atoms with Gasteiger partial charge < -0.3 is 9.47 Å². The second-order valence-electron chi connectivity index (χ2n) is 8.46. The van der Waals surface area contributed by atoms with E-state index in [9.17, 15) is 8.42 Å². The van der Waals surface area contributed by atoms with E-state index in [2.05, 4.69) is 9.62 Å². The predicted molar refractivity (Wildman–Crippen MR) is 108 cm³/mol. The fourth-order valence-electron chi connectivity index (χ4n) is 4.64. The lowest BCUT2D eigenvalue weighted by atomic mass is 9.79. The van der Waals surface area contributed by atoms with Gasteiger partial charge in [0.15, 0.2) is 0 Å². The zero-order valence-corrected chi connectivity index (χ0v) is 17.4. The summed E-state index contributed by atoms with van der Waals surface area (Å²) in [5, 5.41) is 0. The summed E-state index contributed by atoms with van der Waals surface area (Å²) in [7, 11) is -3.51. The zero-order valence-electron chi connectivity index (χ0n) is 16.6. The molecule has 2 fully saturated rings. The summed E-state index contributed by atoms with van der Waals surface area (Å²) in [5.74, 6) is 0. The van der Waals surface area contributed by atoms with Gasteiger partial charge in [-0.2, -0.15) is 0 Å². The van der Waals surface area contributed by atoms with Crippen LogP contribution >= 0.6 is 0 Å². The first-order chi connectivity index (χ1) is 13.6. The number of hydrogen-bond acceptors (Lipinski definition) is 5. The van der Waals surface area contributed by atoms with Gasteiger partial charge in [0.25, 0.3) is 0 Å². The summed E-state index contributed by atoms with van der Waals surface area (Å²) in [6.45, 7) is 6.11. The lowest BCUT2D eigenvalue weighted by Crippen LogP contribution is -2.50. The van der Waals surface area contributed by atoms with Crippen LogP contribution in [0.5, 0.6) is 0 Å². The van der Waals surface area contributed by atoms with Crippen LogP contribution in [0.4, 0.5) is 0 Å². The summed E-state index contributed by atoms with van der Waals surface area (Å²) in [6.07, 6.45) is 6.16. The van der Waals surface area contributed by atoms with Gasteiger partial charge in [0.2, 0.25) is 10.0 Å². The molecule has 0 amide bonds. The molecule has 1 aromatic carbocycles. The molecule has 1 N–H and O–H groups in total. The molecule has 1 aliphatic carbocycles. The topological polar surface area (TPSA) is 67.9 Å². The molecule has 28 heavy (non-hydrogen) atoms. The number of fused-ring (bicyclic) bond motifs is 1. The number of morpholine rings is 1. The minimum absolute atomic E-state index is 0.0726. The molecule has 0 saturated carbocycles. The standard InChI is InChI=1S/C21H32N2O4S/c24-28(25,20-6-5-18-3-1-2-4-19(18)15-20)22-16-21(7-11-26-12-8-21)17-23-9-13-27-14-10-23/h5-6,15,22H,1-4,7-14,16-17H2. The molecule has 156 valence electrons. The lowest BCUT2D eigenvalue weighted by Gasteiger charge is -2.42. The first-order valence-corrected chi connectivity index (χ1v) is 12.0. The van der Waals surface area contributed by atoms with Crippen LogP contribution in [-0.2, 0) is 32.3 Å². The maximum Gasteiger partial charge on any atom is 0.240 e. The van der Waals surface area contributed by atoms with Crippen LogP contribution < -0.4 is 4.72 Å². The van der Waals surface area contributed by atoms with Gasteiger partial charge in [-0.25, -0.2) is 13.1 Å². The Bertz CT molecular complexity index is 769. The van der Waals surface area contributed by atoms with E-state index in [-0.39, 0.29) is 5.41 Å². The third-order valence-corrected chi connectivity index (χ3v) is 7.88. The molecular formula is C21H32N2O4S. The summed E-state index contributed by atoms with van der Waals surface area (Å²) in [6, 6.07) is 5.65. The van der Waals surface area contributed by atoms with Gasteiger partial charge in [-0.3, -0.25) is 4.90 Å². The molecule has 4 rings (SSSR count). The molecule has 2 saturated heterocycles. The van der Waals surface area contributed by atoms with Crippen LogP contribution in [0.3, 0.4) is 0 Å². The van der Waals surface area contributed by atoms with Gasteiger partial charge in [-0.1, -0.05) is 6.07 Å². The maximum absolute atomic E-state index is 13.0. The molecule has 7 heteroatoms. The van der Waals surface area contributed by atoms with E-state index in [4.69, 9.17) is 9.47 Å². The van der Waals surface area contributed by atoms with E-state index in [1.165, 1.54) is 17.5 Å². The van der Waals surface area contributed by atoms with Crippen molar-refractivity contribution in [2.75, 3.05) is 52.6 Å². The smallest absolute Gasteiger partial charge is 0.240 e. The lowest BCUT2D eigenvalue weighted by molar-refractivity contribution is -0.0270. The molecular weight excluding hydrogens is 376 g/mol. The maximum atomic E-state index is 13.0. The molecule has 0 atom stereocenters. The van der Waals surface area contributed by atoms with Crippen molar-refractivity contribution < 1.29 is 17.9 Å². The van der Waals surface area contributed by atoms with E-state index >= 15 is 0 Å². The number of nitrogens with zero attached hydrogens (tertiary/aromatic N) is 1. The van der Waals surface area contributed by atoms with Crippen molar-refractivity contribution in [1.29, 1.82) is 0 Å². The molecule has 6 nitrogen and oxygen atoms in total. The fourth-order valence-corrected chi connectivity index (χ4v) is 5.84. The largest absolute Gasteiger partial charge is 0.381 e. The van der Waals surface area contributed by atoms with Gasteiger partial charge in [-0.15, -0.1) is 0 Å². The van der Waals surface area contributed by atoms with Crippen molar-refractivity contribution in [3.05, 3.63) is 29.3 Å². The quantitative estimate of drug-likeness (QED) is 0.780. The highest BCUT2D eigenvalue weighted by molar-refractivity contribution is 7.89. The number of nitrogens with one attached hydrogen (secondary N) is 1. The summed E-state index contributed by atoms with van der Waals surface area (Å²) in [5.41, 5.74) is 2.43. The van der Waals surface area contributed by atoms with E-state index in [1.807, 2.05) is 12.1 Å². The predicted octanol–water partition coefficient (Wildman–Crippen LogP) is 1.97. The monoisotopic (exact) mass is 408 g/mol. The third-order valence-electron chi connectivity index (χ3n) is 6.48. The fraction of sp³-hybridized carbons (Fsp3) is 0.714. The minimum Gasteiger partial charge on any atom is -0.381 e. The summed E-state index contributed by atoms with van der Waals surface area (Å²) >= 11 is 0. The first kappa shape index (κ1) is 20.3. The molecule has 0 unspecified atom stereocenters. The second-order valence-corrected chi connectivity index (χ2v) is 10.2. The van der Waals surface area contributed by atoms with Crippen LogP contribution in [0.25, 0.3) is 0 Å². The van der Waals surface area contributed by atoms with Crippen LogP contribution in [0.15, 0.2) is 23.1 Å². The number of benzene rings is 1. The highest BCUT2D eigenvalue weighted by Gasteiger charge is 2.36. The molecule has 0 radical (unpaired) electrons. The van der Waals surface area contributed by atoms with E-state index in [1.54, 1.807) is 6.07 Å². The van der Waals surface area contributed by atoms with Crippen LogP contribution in [0, 0.1) is 5.41 Å². The van der Waals surface area contributed by atoms with Gasteiger partial charge in [0.1, 0.15) is 0 Å². The number of aryl methyl sites for hydroxylation is 2. The van der Waals surface area contributed by atoms with Gasteiger partial charge >= 0.3 is 0 Å². The van der Waals surface area contributed by atoms with Crippen molar-refractivity contribution in [3.8, 4) is 0 Å². The Morgan fingerprint density at radius 1 is 0.964 bits per heavy atom. The molecule has 2 heterocycles. The zero-order chi connectivity index (χ0) is 19.5. The van der Waals surface area contributed by atoms with Crippen LogP contribution in [-0.4, -0.2) is 65.9 Å². The van der Waals surface area contributed by atoms with E-state index < -0.39 is 10.0 Å². The first-order valence-electron chi connectivity index (χ1n) is 10.6. The third kappa shape index (κ3) is 4.76. The van der Waals surface area contributed by atoms with Crippen molar-refractivity contribution in [3.63, 3.8) is 0 Å². The van der Waals surface area contributed by atoms with Crippen LogP contribution in [0.1, 0.15) is 36.8 Å². The average molecular weight is 409 g/mol. The van der Waals surface area contributed by atoms with Gasteiger partial charge in [0.05, 0.1) is 18.1 Å². The van der Waals surface area contributed by atoms with Crippen LogP contribution in [0.2, 0.25) is 0 Å². The Kier molecular flexibility index (Phi) is 6.37. The Labute approximate surface area is 168 Å². The Balaban J connectivity index is 1.46. The van der Waals surface area contributed by atoms with E-state index in [0.29, 0.717) is 24.7 Å². The molecule has 0 spiro atoms. The number of hydrogen-bond donors (Lipinski definition) is 1. The Hall–Kier alpha value is -0.990. The highest BCUT2D eigenvalue weighted by atomic mass is 32.2. The van der Waals surface area contributed by atoms with Crippen molar-refractivity contribution in [2.24, 2.45) is 5.41 Å². The van der Waals surface area contributed by atoms with Crippen molar-refractivity contribution >= 4 is 10.0 Å². The molecule has 0 bridgehead atoms. The average Bonchev–Trinajstić information content (AvgIpc) is 2.73. The normalized spacial score (nSPS) is 23.3. The number of ether oxygens (including phenoxy) is 2. The molecule has 1 aromatic rings. The Morgan fingerprint density at radius 3 is 2.39 bits per heavy atom. The number of rotatable bonds is 6. The van der Waals surface area contributed by atoms with Crippen molar-refractivity contribution in [2.45, 2.75) is 43.4 Å². The molecule has 2 aliphatic heterocycles. The SMILES string of the molecule is O=S(=O)(NCC1(CN2CCOCC2)CCOCC1)c1ccc2c(c1)CCCC2. The van der Waals surface area contributed by atoms with E-state index in [0.717, 1.165) is 65.0 Å². The molecule has 3 aliphatic rings. The van der Waals surface area contributed by atoms with Crippen molar-refractivity contribution in [1.82, 2.24) is 9.62 Å². The molecule has 0 aromatic heterocycles.